The molecule has 4 heterocycles. The Bertz CT molecular complexity index is 1480. The molecule has 3 aromatic heterocycles. The summed E-state index contributed by atoms with van der Waals surface area (Å²) in [5.41, 5.74) is 10.9. The lowest BCUT2D eigenvalue weighted by Crippen LogP contribution is -2.41. The molecule has 9 nitrogen and oxygen atoms in total. The first-order chi connectivity index (χ1) is 18.7. The van der Waals surface area contributed by atoms with Crippen LogP contribution in [0.5, 0.6) is 0 Å². The molecule has 2 fully saturated rings. The van der Waals surface area contributed by atoms with Crippen molar-refractivity contribution in [3.8, 4) is 11.1 Å². The van der Waals surface area contributed by atoms with Gasteiger partial charge in [-0.3, -0.25) is 4.68 Å². The molecule has 0 spiro atoms. The van der Waals surface area contributed by atoms with Crippen molar-refractivity contribution in [3.63, 3.8) is 0 Å². The second-order valence-corrected chi connectivity index (χ2v) is 12.3. The molecule has 4 aromatic rings. The number of hydrogen-bond acceptors (Lipinski definition) is 6. The standard InChI is InChI=1S/C30H39N7O2/c1-30(2,3)39-29(38)35-13-11-21(12-14-35)26-16-24(27-28(31)32-19-33-37(26)27)22-9-10-23-18-36(34-25(23)15-22)17-20-7-5-4-6-8-20/h9-10,15-16,18-21H,4-8,11-14,17H2,1-3H3,(H2,31,32,33). The summed E-state index contributed by atoms with van der Waals surface area (Å²) < 4.78 is 9.65. The Morgan fingerprint density at radius 2 is 1.85 bits per heavy atom. The van der Waals surface area contributed by atoms with Crippen LogP contribution in [-0.2, 0) is 11.3 Å². The van der Waals surface area contributed by atoms with Crippen LogP contribution in [0.3, 0.4) is 0 Å². The normalized spacial score (nSPS) is 17.8. The first kappa shape index (κ1) is 25.6. The van der Waals surface area contributed by atoms with Gasteiger partial charge < -0.3 is 15.4 Å². The number of fused-ring (bicyclic) bond motifs is 2. The van der Waals surface area contributed by atoms with Crippen LogP contribution in [0, 0.1) is 5.92 Å². The third-order valence-electron chi connectivity index (χ3n) is 8.21. The van der Waals surface area contributed by atoms with E-state index in [2.05, 4.69) is 45.2 Å². The fourth-order valence-electron chi connectivity index (χ4n) is 6.25. The van der Waals surface area contributed by atoms with Crippen LogP contribution in [0.2, 0.25) is 0 Å². The summed E-state index contributed by atoms with van der Waals surface area (Å²) in [7, 11) is 0. The molecule has 1 aromatic carbocycles. The van der Waals surface area contributed by atoms with Gasteiger partial charge in [-0.05, 0) is 70.1 Å². The Kier molecular flexibility index (Phi) is 6.69. The minimum atomic E-state index is -0.498. The minimum absolute atomic E-state index is 0.246. The quantitative estimate of drug-likeness (QED) is 0.347. The van der Waals surface area contributed by atoms with E-state index in [1.54, 1.807) is 4.90 Å². The lowest BCUT2D eigenvalue weighted by molar-refractivity contribution is 0.0203. The van der Waals surface area contributed by atoms with Gasteiger partial charge in [-0.2, -0.15) is 10.2 Å². The van der Waals surface area contributed by atoms with Gasteiger partial charge in [-0.25, -0.2) is 14.3 Å². The molecular formula is C30H39N7O2. The minimum Gasteiger partial charge on any atom is -0.444 e. The summed E-state index contributed by atoms with van der Waals surface area (Å²) in [5, 5.41) is 10.7. The van der Waals surface area contributed by atoms with Crippen LogP contribution in [0.4, 0.5) is 10.6 Å². The van der Waals surface area contributed by atoms with Gasteiger partial charge in [-0.15, -0.1) is 0 Å². The van der Waals surface area contributed by atoms with Crippen molar-refractivity contribution in [1.29, 1.82) is 0 Å². The summed E-state index contributed by atoms with van der Waals surface area (Å²) in [6.07, 6.45) is 11.8. The number of anilines is 1. The van der Waals surface area contributed by atoms with Crippen molar-refractivity contribution in [3.05, 3.63) is 42.5 Å². The largest absolute Gasteiger partial charge is 0.444 e. The molecule has 2 N–H and O–H groups in total. The van der Waals surface area contributed by atoms with Gasteiger partial charge in [0.05, 0.1) is 5.52 Å². The van der Waals surface area contributed by atoms with Gasteiger partial charge in [-0.1, -0.05) is 31.4 Å². The maximum absolute atomic E-state index is 12.6. The fourth-order valence-corrected chi connectivity index (χ4v) is 6.25. The van der Waals surface area contributed by atoms with Crippen molar-refractivity contribution >= 4 is 28.3 Å². The van der Waals surface area contributed by atoms with Crippen LogP contribution in [0.1, 0.15) is 77.3 Å². The molecule has 206 valence electrons. The van der Waals surface area contributed by atoms with Crippen LogP contribution < -0.4 is 5.73 Å². The zero-order valence-corrected chi connectivity index (χ0v) is 23.3. The van der Waals surface area contributed by atoms with Crippen LogP contribution >= 0.6 is 0 Å². The Hall–Kier alpha value is -3.62. The number of nitrogens with two attached hydrogens (primary N) is 1. The molecule has 1 aliphatic carbocycles. The number of ether oxygens (including phenoxy) is 1. The van der Waals surface area contributed by atoms with Crippen molar-refractivity contribution in [2.75, 3.05) is 18.8 Å². The Morgan fingerprint density at radius 3 is 2.59 bits per heavy atom. The van der Waals surface area contributed by atoms with Gasteiger partial charge in [0.1, 0.15) is 17.4 Å². The number of amides is 1. The van der Waals surface area contributed by atoms with Gasteiger partial charge >= 0.3 is 6.09 Å². The van der Waals surface area contributed by atoms with Gasteiger partial charge in [0, 0.05) is 48.4 Å². The topological polar surface area (TPSA) is 104 Å². The summed E-state index contributed by atoms with van der Waals surface area (Å²) >= 11 is 0. The number of carbonyl (C=O) groups excluding carboxylic acids is 1. The molecule has 1 amide bonds. The second-order valence-electron chi connectivity index (χ2n) is 12.3. The average molecular weight is 530 g/mol. The number of carbonyl (C=O) groups is 1. The molecule has 1 aliphatic heterocycles. The second kappa shape index (κ2) is 10.2. The number of rotatable bonds is 4. The summed E-state index contributed by atoms with van der Waals surface area (Å²) in [6, 6.07) is 8.65. The molecule has 1 saturated heterocycles. The average Bonchev–Trinajstić information content (AvgIpc) is 3.50. The summed E-state index contributed by atoms with van der Waals surface area (Å²) in [5.74, 6) is 1.43. The monoisotopic (exact) mass is 529 g/mol. The van der Waals surface area contributed by atoms with E-state index < -0.39 is 5.60 Å². The summed E-state index contributed by atoms with van der Waals surface area (Å²) in [6.45, 7) is 7.98. The van der Waals surface area contributed by atoms with Crippen molar-refractivity contribution in [2.45, 2.75) is 83.8 Å². The Morgan fingerprint density at radius 1 is 1.08 bits per heavy atom. The van der Waals surface area contributed by atoms with E-state index in [9.17, 15) is 4.79 Å². The van der Waals surface area contributed by atoms with E-state index >= 15 is 0 Å². The Balaban J connectivity index is 1.27. The number of benzene rings is 1. The van der Waals surface area contributed by atoms with Crippen molar-refractivity contribution < 1.29 is 9.53 Å². The molecule has 2 aliphatic rings. The molecule has 0 bridgehead atoms. The van der Waals surface area contributed by atoms with Crippen molar-refractivity contribution in [1.82, 2.24) is 29.3 Å². The van der Waals surface area contributed by atoms with E-state index in [-0.39, 0.29) is 12.0 Å². The molecule has 6 rings (SSSR count). The SMILES string of the molecule is CC(C)(C)OC(=O)N1CCC(c2cc(-c3ccc4cn(CC5CCCCC5)nc4c3)c3c(N)ncnn23)CC1. The molecule has 0 radical (unpaired) electrons. The first-order valence-electron chi connectivity index (χ1n) is 14.3. The maximum Gasteiger partial charge on any atom is 0.410 e. The highest BCUT2D eigenvalue weighted by atomic mass is 16.6. The van der Waals surface area contributed by atoms with E-state index in [1.165, 1.54) is 38.4 Å². The smallest absolute Gasteiger partial charge is 0.410 e. The molecule has 0 unspecified atom stereocenters. The Labute approximate surface area is 229 Å². The first-order valence-corrected chi connectivity index (χ1v) is 14.3. The predicted octanol–water partition coefficient (Wildman–Crippen LogP) is 6.02. The maximum atomic E-state index is 12.6. The molecular weight excluding hydrogens is 490 g/mol. The highest BCUT2D eigenvalue weighted by Gasteiger charge is 2.30. The molecule has 9 heteroatoms. The molecule has 39 heavy (non-hydrogen) atoms. The van der Waals surface area contributed by atoms with Gasteiger partial charge in [0.15, 0.2) is 5.82 Å². The predicted molar refractivity (Wildman–Crippen MR) is 152 cm³/mol. The lowest BCUT2D eigenvalue weighted by atomic mass is 9.89. The van der Waals surface area contributed by atoms with E-state index in [0.29, 0.717) is 18.9 Å². The van der Waals surface area contributed by atoms with E-state index in [1.807, 2.05) is 25.3 Å². The molecule has 0 atom stereocenters. The lowest BCUT2D eigenvalue weighted by Gasteiger charge is -2.33. The van der Waals surface area contributed by atoms with Gasteiger partial charge in [0.2, 0.25) is 0 Å². The number of aromatic nitrogens is 5. The van der Waals surface area contributed by atoms with Crippen molar-refractivity contribution in [2.24, 2.45) is 5.92 Å². The fraction of sp³-hybridized carbons (Fsp3) is 0.533. The van der Waals surface area contributed by atoms with Crippen LogP contribution in [0.25, 0.3) is 27.5 Å². The number of likely N-dealkylation sites (tertiary alicyclic amines) is 1. The zero-order valence-electron chi connectivity index (χ0n) is 23.3. The number of piperidine rings is 1. The number of hydrogen-bond donors (Lipinski definition) is 1. The number of nitrogens with zero attached hydrogens (tertiary/aromatic N) is 6. The van der Waals surface area contributed by atoms with Crippen LogP contribution in [0.15, 0.2) is 36.8 Å². The number of nitrogen functional groups attached to an aromatic ring is 1. The highest BCUT2D eigenvalue weighted by Crippen LogP contribution is 2.37. The molecule has 1 saturated carbocycles. The van der Waals surface area contributed by atoms with Gasteiger partial charge in [0.25, 0.3) is 0 Å². The third kappa shape index (κ3) is 5.31. The van der Waals surface area contributed by atoms with E-state index in [4.69, 9.17) is 15.6 Å². The van der Waals surface area contributed by atoms with E-state index in [0.717, 1.165) is 58.5 Å². The summed E-state index contributed by atoms with van der Waals surface area (Å²) in [4.78, 5) is 18.7. The zero-order chi connectivity index (χ0) is 27.1. The van der Waals surface area contributed by atoms with Crippen LogP contribution in [-0.4, -0.2) is 54.1 Å². The third-order valence-corrected chi connectivity index (χ3v) is 8.21. The highest BCUT2D eigenvalue weighted by molar-refractivity contribution is 5.92.